The Hall–Kier alpha value is -3.57. The summed E-state index contributed by atoms with van der Waals surface area (Å²) in [5, 5.41) is 13.7. The third kappa shape index (κ3) is 7.01. The Labute approximate surface area is 229 Å². The molecule has 0 bridgehead atoms. The molecule has 190 valence electrons. The first kappa shape index (κ1) is 26.5. The standard InChI is InChI=1S/C25H23Cl2N7O2S/c26-20-13-11-19(12-14-20)22(16-32-23(29-30-31-32)15-18-7-3-1-4-8-18)36-17-24(35)33(34(27)25(28)37)21-9-5-2-6-10-21/h1-14,22H,15-17H2,(H2,28,37). The number of hydrogen-bond donors (Lipinski definition) is 1. The number of nitrogens with zero attached hydrogens (tertiary/aromatic N) is 6. The normalized spacial score (nSPS) is 11.6. The summed E-state index contributed by atoms with van der Waals surface area (Å²) in [4.78, 5) is 13.3. The monoisotopic (exact) mass is 555 g/mol. The van der Waals surface area contributed by atoms with Crippen LogP contribution in [0.15, 0.2) is 84.9 Å². The summed E-state index contributed by atoms with van der Waals surface area (Å²) in [5.41, 5.74) is 8.03. The predicted molar refractivity (Wildman–Crippen MR) is 146 cm³/mol. The number of carbonyl (C=O) groups is 1. The van der Waals surface area contributed by atoms with Gasteiger partial charge in [0.2, 0.25) is 5.11 Å². The molecule has 0 saturated carbocycles. The molecule has 1 amide bonds. The van der Waals surface area contributed by atoms with Gasteiger partial charge in [-0.3, -0.25) is 4.79 Å². The quantitative estimate of drug-likeness (QED) is 0.185. The third-order valence-corrected chi connectivity index (χ3v) is 6.25. The van der Waals surface area contributed by atoms with Crippen LogP contribution in [0.25, 0.3) is 0 Å². The van der Waals surface area contributed by atoms with Gasteiger partial charge in [0.05, 0.1) is 12.2 Å². The van der Waals surface area contributed by atoms with Crippen molar-refractivity contribution in [3.8, 4) is 0 Å². The molecule has 0 aliphatic rings. The van der Waals surface area contributed by atoms with Gasteiger partial charge in [-0.25, -0.2) is 9.69 Å². The number of hydrazine groups is 1. The van der Waals surface area contributed by atoms with Crippen molar-refractivity contribution >= 4 is 52.3 Å². The molecule has 12 heteroatoms. The van der Waals surface area contributed by atoms with Crippen LogP contribution in [0.2, 0.25) is 5.02 Å². The molecule has 9 nitrogen and oxygen atoms in total. The van der Waals surface area contributed by atoms with Gasteiger partial charge in [0.15, 0.2) is 5.82 Å². The van der Waals surface area contributed by atoms with Crippen LogP contribution in [0.3, 0.4) is 0 Å². The lowest BCUT2D eigenvalue weighted by Crippen LogP contribution is -2.48. The highest BCUT2D eigenvalue weighted by atomic mass is 35.5. The maximum atomic E-state index is 13.3. The van der Waals surface area contributed by atoms with E-state index in [4.69, 9.17) is 46.1 Å². The second kappa shape index (κ2) is 12.6. The van der Waals surface area contributed by atoms with Crippen molar-refractivity contribution in [2.75, 3.05) is 11.6 Å². The number of tetrazole rings is 1. The minimum atomic E-state index is -0.578. The molecule has 0 fully saturated rings. The molecule has 0 saturated heterocycles. The lowest BCUT2D eigenvalue weighted by atomic mass is 10.1. The van der Waals surface area contributed by atoms with Crippen molar-refractivity contribution < 1.29 is 9.53 Å². The molecule has 37 heavy (non-hydrogen) atoms. The van der Waals surface area contributed by atoms with E-state index in [0.29, 0.717) is 23.0 Å². The second-order valence-electron chi connectivity index (χ2n) is 7.93. The molecule has 0 radical (unpaired) electrons. The summed E-state index contributed by atoms with van der Waals surface area (Å²) in [6, 6.07) is 25.8. The molecule has 1 aromatic heterocycles. The first-order chi connectivity index (χ1) is 17.9. The maximum Gasteiger partial charge on any atom is 0.272 e. The first-order valence-corrected chi connectivity index (χ1v) is 12.3. The average Bonchev–Trinajstić information content (AvgIpc) is 3.34. The number of amides is 1. The number of halogens is 2. The van der Waals surface area contributed by atoms with Crippen molar-refractivity contribution in [2.24, 2.45) is 5.73 Å². The van der Waals surface area contributed by atoms with Crippen molar-refractivity contribution in [3.63, 3.8) is 0 Å². The number of nitrogens with two attached hydrogens (primary N) is 1. The molecule has 2 N–H and O–H groups in total. The van der Waals surface area contributed by atoms with Crippen molar-refractivity contribution in [3.05, 3.63) is 107 Å². The highest BCUT2D eigenvalue weighted by molar-refractivity contribution is 7.80. The van der Waals surface area contributed by atoms with Crippen molar-refractivity contribution in [2.45, 2.75) is 19.1 Å². The Bertz CT molecular complexity index is 1320. The Morgan fingerprint density at radius 3 is 2.32 bits per heavy atom. The molecule has 0 spiro atoms. The second-order valence-corrected chi connectivity index (χ2v) is 9.11. The molecule has 1 atom stereocenters. The van der Waals surface area contributed by atoms with E-state index in [0.717, 1.165) is 20.7 Å². The molecule has 1 unspecified atom stereocenters. The largest absolute Gasteiger partial charge is 0.374 e. The molecule has 0 aliphatic heterocycles. The van der Waals surface area contributed by atoms with Crippen LogP contribution in [0.5, 0.6) is 0 Å². The van der Waals surface area contributed by atoms with E-state index < -0.39 is 12.0 Å². The average molecular weight is 556 g/mol. The van der Waals surface area contributed by atoms with E-state index >= 15 is 0 Å². The van der Waals surface area contributed by atoms with E-state index in [1.54, 1.807) is 41.1 Å². The lowest BCUT2D eigenvalue weighted by Gasteiger charge is -2.29. The molecule has 3 aromatic carbocycles. The number of thiocarbonyl (C=S) groups is 1. The number of anilines is 1. The summed E-state index contributed by atoms with van der Waals surface area (Å²) in [5.74, 6) is 0.181. The van der Waals surface area contributed by atoms with Crippen molar-refractivity contribution in [1.82, 2.24) is 24.7 Å². The van der Waals surface area contributed by atoms with Gasteiger partial charge >= 0.3 is 0 Å². The topological polar surface area (TPSA) is 102 Å². The van der Waals surface area contributed by atoms with Crippen LogP contribution in [0, 0.1) is 0 Å². The summed E-state index contributed by atoms with van der Waals surface area (Å²) < 4.78 is 8.66. The van der Waals surface area contributed by atoms with Crippen molar-refractivity contribution in [1.29, 1.82) is 0 Å². The number of benzene rings is 3. The van der Waals surface area contributed by atoms with Gasteiger partial charge in [-0.2, -0.15) is 4.53 Å². The van der Waals surface area contributed by atoms with E-state index in [2.05, 4.69) is 15.5 Å². The van der Waals surface area contributed by atoms with E-state index in [9.17, 15) is 4.79 Å². The zero-order valence-corrected chi connectivity index (χ0v) is 21.9. The van der Waals surface area contributed by atoms with Crippen LogP contribution in [0.4, 0.5) is 5.69 Å². The van der Waals surface area contributed by atoms with Crippen LogP contribution in [-0.2, 0) is 22.5 Å². The summed E-state index contributed by atoms with van der Waals surface area (Å²) >= 11 is 17.3. The number of rotatable bonds is 9. The summed E-state index contributed by atoms with van der Waals surface area (Å²) in [7, 11) is 0. The lowest BCUT2D eigenvalue weighted by molar-refractivity contribution is -0.127. The fourth-order valence-electron chi connectivity index (χ4n) is 3.60. The third-order valence-electron chi connectivity index (χ3n) is 5.39. The predicted octanol–water partition coefficient (Wildman–Crippen LogP) is 4.32. The molecule has 4 aromatic rings. The van der Waals surface area contributed by atoms with Gasteiger partial charge in [0, 0.05) is 23.2 Å². The molecule has 0 aliphatic carbocycles. The Balaban J connectivity index is 1.55. The first-order valence-electron chi connectivity index (χ1n) is 11.2. The van der Waals surface area contributed by atoms with Gasteiger partial charge in [-0.05, 0) is 58.0 Å². The number of aromatic nitrogens is 4. The molecule has 4 rings (SSSR count). The van der Waals surface area contributed by atoms with Crippen LogP contribution in [0.1, 0.15) is 23.1 Å². The number of carbonyl (C=O) groups excluding carboxylic acids is 1. The number of ether oxygens (including phenoxy) is 1. The molecular formula is C25H23Cl2N7O2S. The maximum absolute atomic E-state index is 13.3. The molecular weight excluding hydrogens is 533 g/mol. The summed E-state index contributed by atoms with van der Waals surface area (Å²) in [6.45, 7) is -0.0700. The van der Waals surface area contributed by atoms with Crippen LogP contribution < -0.4 is 10.7 Å². The van der Waals surface area contributed by atoms with Crippen LogP contribution in [-0.4, -0.2) is 42.4 Å². The van der Waals surface area contributed by atoms with Gasteiger partial charge in [0.25, 0.3) is 5.91 Å². The van der Waals surface area contributed by atoms with Gasteiger partial charge in [-0.1, -0.05) is 72.3 Å². The number of para-hydroxylation sites is 1. The van der Waals surface area contributed by atoms with Gasteiger partial charge < -0.3 is 10.5 Å². The Kier molecular flexibility index (Phi) is 9.02. The highest BCUT2D eigenvalue weighted by Crippen LogP contribution is 2.24. The zero-order valence-electron chi connectivity index (χ0n) is 19.5. The summed E-state index contributed by atoms with van der Waals surface area (Å²) in [6.07, 6.45) is -0.0395. The minimum absolute atomic E-state index is 0.188. The SMILES string of the molecule is NC(=S)N(Cl)N(C(=O)COC(Cn1nnnc1Cc1ccccc1)c1ccc(Cl)cc1)c1ccccc1. The Morgan fingerprint density at radius 2 is 1.68 bits per heavy atom. The van der Waals surface area contributed by atoms with E-state index in [1.165, 1.54) is 0 Å². The van der Waals surface area contributed by atoms with Crippen LogP contribution >= 0.6 is 35.6 Å². The van der Waals surface area contributed by atoms with Gasteiger partial charge in [0.1, 0.15) is 12.7 Å². The van der Waals surface area contributed by atoms with E-state index in [-0.39, 0.29) is 18.3 Å². The fourth-order valence-corrected chi connectivity index (χ4v) is 3.98. The Morgan fingerprint density at radius 1 is 1.03 bits per heavy atom. The minimum Gasteiger partial charge on any atom is -0.374 e. The highest BCUT2D eigenvalue weighted by Gasteiger charge is 2.26. The number of hydrogen-bond acceptors (Lipinski definition) is 6. The van der Waals surface area contributed by atoms with E-state index in [1.807, 2.05) is 48.5 Å². The fraction of sp³-hybridized carbons (Fsp3) is 0.160. The smallest absolute Gasteiger partial charge is 0.272 e. The molecule has 1 heterocycles. The van der Waals surface area contributed by atoms with Gasteiger partial charge in [-0.15, -0.1) is 5.10 Å². The zero-order chi connectivity index (χ0) is 26.2.